The van der Waals surface area contributed by atoms with Crippen LogP contribution in [0.3, 0.4) is 0 Å². The first kappa shape index (κ1) is 13.8. The van der Waals surface area contributed by atoms with Crippen LogP contribution in [0.25, 0.3) is 0 Å². The molecule has 0 aromatic heterocycles. The number of rotatable bonds is 4. The Balaban J connectivity index is 4.74. The van der Waals surface area contributed by atoms with E-state index >= 15 is 0 Å². The Kier molecular flexibility index (Phi) is 4.06. The van der Waals surface area contributed by atoms with E-state index < -0.39 is 25.9 Å². The predicted octanol–water partition coefficient (Wildman–Crippen LogP) is 2.67. The minimum atomic E-state index is -5.76. The molecule has 0 radical (unpaired) electrons. The summed E-state index contributed by atoms with van der Waals surface area (Å²) in [6, 6.07) is 0. The SMILES string of the molecule is COP(=O)(CC(F)(F)C(F)(F)F)OC. The van der Waals surface area contributed by atoms with E-state index in [0.717, 1.165) is 14.2 Å². The summed E-state index contributed by atoms with van der Waals surface area (Å²) >= 11 is 0. The normalized spacial score (nSPS) is 14.5. The smallest absolute Gasteiger partial charge is 0.312 e. The zero-order valence-corrected chi connectivity index (χ0v) is 8.16. The average Bonchev–Trinajstić information content (AvgIpc) is 2.01. The number of alkyl halides is 5. The minimum Gasteiger partial charge on any atom is -0.312 e. The summed E-state index contributed by atoms with van der Waals surface area (Å²) in [6.07, 6.45) is -7.78. The van der Waals surface area contributed by atoms with E-state index in [-0.39, 0.29) is 0 Å². The summed E-state index contributed by atoms with van der Waals surface area (Å²) in [5.74, 6) is -5.09. The van der Waals surface area contributed by atoms with Crippen molar-refractivity contribution in [3.63, 3.8) is 0 Å². The quantitative estimate of drug-likeness (QED) is 0.561. The third kappa shape index (κ3) is 3.18. The van der Waals surface area contributed by atoms with Crippen molar-refractivity contribution in [1.29, 1.82) is 0 Å². The van der Waals surface area contributed by atoms with Gasteiger partial charge >= 0.3 is 19.7 Å². The van der Waals surface area contributed by atoms with Gasteiger partial charge in [0.25, 0.3) is 0 Å². The van der Waals surface area contributed by atoms with E-state index in [1.807, 2.05) is 0 Å². The molecule has 0 aromatic carbocycles. The van der Waals surface area contributed by atoms with Gasteiger partial charge in [-0.05, 0) is 0 Å². The van der Waals surface area contributed by atoms with Crippen LogP contribution in [0.5, 0.6) is 0 Å². The minimum absolute atomic E-state index is 0.733. The molecule has 0 aliphatic rings. The van der Waals surface area contributed by atoms with E-state index in [1.165, 1.54) is 0 Å². The Morgan fingerprint density at radius 2 is 1.43 bits per heavy atom. The van der Waals surface area contributed by atoms with Crippen molar-refractivity contribution in [2.45, 2.75) is 12.1 Å². The van der Waals surface area contributed by atoms with E-state index in [1.54, 1.807) is 0 Å². The van der Waals surface area contributed by atoms with E-state index in [9.17, 15) is 26.5 Å². The maximum Gasteiger partial charge on any atom is 0.453 e. The molecule has 0 fully saturated rings. The van der Waals surface area contributed by atoms with Crippen LogP contribution in [-0.4, -0.2) is 32.5 Å². The molecule has 0 aromatic rings. The first-order valence-electron chi connectivity index (χ1n) is 3.23. The number of hydrogen-bond donors (Lipinski definition) is 0. The molecule has 14 heavy (non-hydrogen) atoms. The second-order valence-electron chi connectivity index (χ2n) is 2.34. The van der Waals surface area contributed by atoms with Crippen molar-refractivity contribution in [1.82, 2.24) is 0 Å². The second-order valence-corrected chi connectivity index (χ2v) is 4.60. The molecule has 0 aliphatic carbocycles. The molecule has 0 N–H and O–H groups in total. The van der Waals surface area contributed by atoms with Gasteiger partial charge in [0, 0.05) is 14.2 Å². The first-order chi connectivity index (χ1) is 6.08. The van der Waals surface area contributed by atoms with Crippen LogP contribution in [0.1, 0.15) is 0 Å². The number of halogens is 5. The molecule has 0 aliphatic heterocycles. The van der Waals surface area contributed by atoms with Crippen LogP contribution in [0.15, 0.2) is 0 Å². The lowest BCUT2D eigenvalue weighted by Gasteiger charge is -2.22. The molecule has 9 heteroatoms. The lowest BCUT2D eigenvalue weighted by molar-refractivity contribution is -0.272. The molecule has 3 nitrogen and oxygen atoms in total. The summed E-state index contributed by atoms with van der Waals surface area (Å²) in [5, 5.41) is 0. The molecule has 0 rings (SSSR count). The molecule has 0 saturated heterocycles. The van der Waals surface area contributed by atoms with E-state index in [4.69, 9.17) is 0 Å². The Morgan fingerprint density at radius 3 is 1.64 bits per heavy atom. The molecule has 86 valence electrons. The zero-order valence-electron chi connectivity index (χ0n) is 7.27. The van der Waals surface area contributed by atoms with Gasteiger partial charge in [0.05, 0.1) is 0 Å². The molecule has 0 amide bonds. The Morgan fingerprint density at radius 1 is 1.07 bits per heavy atom. The van der Waals surface area contributed by atoms with Crippen LogP contribution < -0.4 is 0 Å². The Bertz CT molecular complexity index is 230. The van der Waals surface area contributed by atoms with E-state index in [0.29, 0.717) is 0 Å². The van der Waals surface area contributed by atoms with E-state index in [2.05, 4.69) is 9.05 Å². The zero-order chi connectivity index (χ0) is 11.6. The third-order valence-corrected chi connectivity index (χ3v) is 3.26. The summed E-state index contributed by atoms with van der Waals surface area (Å²) in [5.41, 5.74) is 0. The largest absolute Gasteiger partial charge is 0.453 e. The van der Waals surface area contributed by atoms with Crippen molar-refractivity contribution in [2.75, 3.05) is 20.4 Å². The van der Waals surface area contributed by atoms with Gasteiger partial charge in [0.2, 0.25) is 0 Å². The highest BCUT2D eigenvalue weighted by Crippen LogP contribution is 2.53. The van der Waals surface area contributed by atoms with Crippen LogP contribution in [0.4, 0.5) is 22.0 Å². The maximum atomic E-state index is 12.3. The molecule has 0 unspecified atom stereocenters. The first-order valence-corrected chi connectivity index (χ1v) is 4.96. The predicted molar refractivity (Wildman–Crippen MR) is 37.5 cm³/mol. The van der Waals surface area contributed by atoms with Crippen molar-refractivity contribution >= 4 is 7.60 Å². The molecule has 0 atom stereocenters. The summed E-state index contributed by atoms with van der Waals surface area (Å²) in [4.78, 5) is 0. The highest BCUT2D eigenvalue weighted by Gasteiger charge is 2.60. The van der Waals surface area contributed by atoms with Crippen molar-refractivity contribution in [3.05, 3.63) is 0 Å². The molecule has 0 bridgehead atoms. The summed E-state index contributed by atoms with van der Waals surface area (Å²) in [7, 11) is -2.90. The van der Waals surface area contributed by atoms with Crippen LogP contribution in [0, 0.1) is 0 Å². The van der Waals surface area contributed by atoms with Gasteiger partial charge < -0.3 is 9.05 Å². The molecular formula is C5H8F5O3P. The highest BCUT2D eigenvalue weighted by atomic mass is 31.2. The Labute approximate surface area is 76.7 Å². The van der Waals surface area contributed by atoms with Gasteiger partial charge in [0.15, 0.2) is 0 Å². The Hall–Kier alpha value is -0.200. The third-order valence-electron chi connectivity index (χ3n) is 1.36. The summed E-state index contributed by atoms with van der Waals surface area (Å²) in [6.45, 7) is 0. The van der Waals surface area contributed by atoms with Crippen LogP contribution >= 0.6 is 7.60 Å². The standard InChI is InChI=1S/C5H8F5O3P/c1-12-14(11,13-2)3-4(6,7)5(8,9)10/h3H2,1-2H3. The molecule has 0 saturated carbocycles. The highest BCUT2D eigenvalue weighted by molar-refractivity contribution is 7.53. The van der Waals surface area contributed by atoms with Crippen molar-refractivity contribution in [2.24, 2.45) is 0 Å². The average molecular weight is 242 g/mol. The summed E-state index contributed by atoms with van der Waals surface area (Å²) < 4.78 is 78.6. The lowest BCUT2D eigenvalue weighted by atomic mass is 10.4. The van der Waals surface area contributed by atoms with Crippen LogP contribution in [-0.2, 0) is 13.6 Å². The van der Waals surface area contributed by atoms with Gasteiger partial charge in [-0.2, -0.15) is 22.0 Å². The van der Waals surface area contributed by atoms with Gasteiger partial charge in [-0.1, -0.05) is 0 Å². The monoisotopic (exact) mass is 242 g/mol. The van der Waals surface area contributed by atoms with Gasteiger partial charge in [0.1, 0.15) is 6.16 Å². The fraction of sp³-hybridized carbons (Fsp3) is 1.00. The molecular weight excluding hydrogens is 234 g/mol. The van der Waals surface area contributed by atoms with Crippen molar-refractivity contribution < 1.29 is 35.6 Å². The fourth-order valence-electron chi connectivity index (χ4n) is 0.536. The lowest BCUT2D eigenvalue weighted by Crippen LogP contribution is -2.40. The molecule has 0 heterocycles. The topological polar surface area (TPSA) is 35.5 Å². The van der Waals surface area contributed by atoms with Gasteiger partial charge in [-0.3, -0.25) is 4.57 Å². The second kappa shape index (κ2) is 4.12. The molecule has 0 spiro atoms. The maximum absolute atomic E-state index is 12.3. The van der Waals surface area contributed by atoms with Crippen molar-refractivity contribution in [3.8, 4) is 0 Å². The van der Waals surface area contributed by atoms with Crippen LogP contribution in [0.2, 0.25) is 0 Å². The fourth-order valence-corrected chi connectivity index (χ4v) is 1.61. The van der Waals surface area contributed by atoms with Gasteiger partial charge in [-0.15, -0.1) is 0 Å². The van der Waals surface area contributed by atoms with Gasteiger partial charge in [-0.25, -0.2) is 0 Å². The number of hydrogen-bond acceptors (Lipinski definition) is 3.